The summed E-state index contributed by atoms with van der Waals surface area (Å²) in [7, 11) is 0. The predicted octanol–water partition coefficient (Wildman–Crippen LogP) is 3.25. The number of piperidine rings is 1. The van der Waals surface area contributed by atoms with Crippen molar-refractivity contribution in [2.24, 2.45) is 0 Å². The van der Waals surface area contributed by atoms with Gasteiger partial charge in [0.15, 0.2) is 0 Å². The van der Waals surface area contributed by atoms with Gasteiger partial charge in [-0.05, 0) is 62.4 Å². The number of benzene rings is 2. The molecule has 0 aliphatic carbocycles. The van der Waals surface area contributed by atoms with Gasteiger partial charge in [0.1, 0.15) is 6.54 Å². The molecule has 2 heterocycles. The lowest BCUT2D eigenvalue weighted by Crippen LogP contribution is -2.47. The molecule has 1 amide bonds. The van der Waals surface area contributed by atoms with E-state index in [1.54, 1.807) is 30.3 Å². The maximum absolute atomic E-state index is 13.4. The Labute approximate surface area is 175 Å². The monoisotopic (exact) mass is 405 g/mol. The highest BCUT2D eigenvalue weighted by molar-refractivity contribution is 5.82. The van der Waals surface area contributed by atoms with E-state index in [4.69, 9.17) is 0 Å². The number of nitrogens with zero attached hydrogens (tertiary/aromatic N) is 3. The first-order valence-corrected chi connectivity index (χ1v) is 10.6. The Morgan fingerprint density at radius 1 is 1.07 bits per heavy atom. The van der Waals surface area contributed by atoms with Crippen molar-refractivity contribution in [2.45, 2.75) is 52.1 Å². The molecule has 30 heavy (non-hydrogen) atoms. The molecule has 6 heteroatoms. The van der Waals surface area contributed by atoms with Gasteiger partial charge < -0.3 is 4.90 Å². The molecular weight excluding hydrogens is 378 g/mol. The third-order valence-electron chi connectivity index (χ3n) is 6.02. The van der Waals surface area contributed by atoms with Crippen LogP contribution in [0.1, 0.15) is 38.2 Å². The van der Waals surface area contributed by atoms with E-state index in [1.165, 1.54) is 9.13 Å². The van der Waals surface area contributed by atoms with E-state index in [-0.39, 0.29) is 24.1 Å². The minimum atomic E-state index is -0.484. The smallest absolute Gasteiger partial charge is 0.336 e. The molecule has 1 fully saturated rings. The SMILES string of the molecule is CC[C@@H]1CCCCN1C(=O)Cn1c(=O)n(-c2cccc(C)c2)c(=O)c2ccccc21. The first-order chi connectivity index (χ1) is 14.5. The average Bonchev–Trinajstić information content (AvgIpc) is 2.76. The van der Waals surface area contributed by atoms with Crippen LogP contribution in [-0.2, 0) is 11.3 Å². The molecule has 1 aromatic heterocycles. The minimum absolute atomic E-state index is 0.0664. The molecule has 156 valence electrons. The van der Waals surface area contributed by atoms with Crippen LogP contribution >= 0.6 is 0 Å². The van der Waals surface area contributed by atoms with Gasteiger partial charge in [0.2, 0.25) is 5.91 Å². The molecule has 1 saturated heterocycles. The fourth-order valence-corrected chi connectivity index (χ4v) is 4.45. The number of hydrogen-bond acceptors (Lipinski definition) is 3. The number of hydrogen-bond donors (Lipinski definition) is 0. The van der Waals surface area contributed by atoms with Gasteiger partial charge in [-0.3, -0.25) is 14.2 Å². The van der Waals surface area contributed by atoms with Crippen LogP contribution in [0.15, 0.2) is 58.1 Å². The highest BCUT2D eigenvalue weighted by atomic mass is 16.2. The minimum Gasteiger partial charge on any atom is -0.338 e. The van der Waals surface area contributed by atoms with Gasteiger partial charge in [0.25, 0.3) is 5.56 Å². The topological polar surface area (TPSA) is 64.3 Å². The van der Waals surface area contributed by atoms with Crippen molar-refractivity contribution in [1.29, 1.82) is 0 Å². The van der Waals surface area contributed by atoms with Crippen LogP contribution in [0.3, 0.4) is 0 Å². The fourth-order valence-electron chi connectivity index (χ4n) is 4.45. The van der Waals surface area contributed by atoms with E-state index >= 15 is 0 Å². The van der Waals surface area contributed by atoms with Gasteiger partial charge in [-0.25, -0.2) is 9.36 Å². The van der Waals surface area contributed by atoms with E-state index in [9.17, 15) is 14.4 Å². The summed E-state index contributed by atoms with van der Waals surface area (Å²) >= 11 is 0. The van der Waals surface area contributed by atoms with E-state index in [1.807, 2.05) is 30.0 Å². The van der Waals surface area contributed by atoms with E-state index in [0.29, 0.717) is 16.6 Å². The van der Waals surface area contributed by atoms with Crippen molar-refractivity contribution in [2.75, 3.05) is 6.54 Å². The summed E-state index contributed by atoms with van der Waals surface area (Å²) in [6, 6.07) is 14.5. The molecule has 0 radical (unpaired) electrons. The van der Waals surface area contributed by atoms with E-state index in [2.05, 4.69) is 6.92 Å². The maximum Gasteiger partial charge on any atom is 0.336 e. The third kappa shape index (κ3) is 3.58. The Hall–Kier alpha value is -3.15. The summed E-state index contributed by atoms with van der Waals surface area (Å²) in [4.78, 5) is 41.7. The Morgan fingerprint density at radius 3 is 2.63 bits per heavy atom. The van der Waals surface area contributed by atoms with E-state index in [0.717, 1.165) is 37.8 Å². The Morgan fingerprint density at radius 2 is 1.87 bits per heavy atom. The van der Waals surface area contributed by atoms with Gasteiger partial charge in [0.05, 0.1) is 16.6 Å². The van der Waals surface area contributed by atoms with Crippen molar-refractivity contribution >= 4 is 16.8 Å². The van der Waals surface area contributed by atoms with Crippen molar-refractivity contribution in [3.8, 4) is 5.69 Å². The predicted molar refractivity (Wildman–Crippen MR) is 118 cm³/mol. The number of fused-ring (bicyclic) bond motifs is 1. The number of rotatable bonds is 4. The van der Waals surface area contributed by atoms with Gasteiger partial charge in [-0.1, -0.05) is 31.2 Å². The van der Waals surface area contributed by atoms with Crippen molar-refractivity contribution in [3.05, 3.63) is 74.9 Å². The Bertz CT molecular complexity index is 1210. The maximum atomic E-state index is 13.4. The Balaban J connectivity index is 1.86. The summed E-state index contributed by atoms with van der Waals surface area (Å²) in [5, 5.41) is 0.428. The standard InChI is InChI=1S/C24H27N3O3/c1-3-18-10-6-7-14-25(18)22(28)16-26-21-13-5-4-12-20(21)23(29)27(24(26)30)19-11-8-9-17(2)15-19/h4-5,8-9,11-13,15,18H,3,6-7,10,14,16H2,1-2H3/t18-/m1/s1. The highest BCUT2D eigenvalue weighted by Crippen LogP contribution is 2.20. The van der Waals surface area contributed by atoms with Crippen LogP contribution in [-0.4, -0.2) is 32.5 Å². The molecule has 2 aromatic carbocycles. The van der Waals surface area contributed by atoms with Crippen LogP contribution in [0.5, 0.6) is 0 Å². The van der Waals surface area contributed by atoms with Crippen LogP contribution in [0, 0.1) is 6.92 Å². The van der Waals surface area contributed by atoms with Crippen LogP contribution in [0.4, 0.5) is 0 Å². The third-order valence-corrected chi connectivity index (χ3v) is 6.02. The van der Waals surface area contributed by atoms with Gasteiger partial charge in [0, 0.05) is 12.6 Å². The molecule has 4 rings (SSSR count). The lowest BCUT2D eigenvalue weighted by atomic mass is 10.00. The molecular formula is C24H27N3O3. The second kappa shape index (κ2) is 8.30. The molecule has 0 saturated carbocycles. The lowest BCUT2D eigenvalue weighted by Gasteiger charge is -2.35. The highest BCUT2D eigenvalue weighted by Gasteiger charge is 2.26. The normalized spacial score (nSPS) is 16.7. The van der Waals surface area contributed by atoms with Crippen LogP contribution < -0.4 is 11.2 Å². The Kier molecular flexibility index (Phi) is 5.57. The van der Waals surface area contributed by atoms with Crippen molar-refractivity contribution in [3.63, 3.8) is 0 Å². The van der Waals surface area contributed by atoms with E-state index < -0.39 is 5.69 Å². The molecule has 0 unspecified atom stereocenters. The number of aromatic nitrogens is 2. The summed E-state index contributed by atoms with van der Waals surface area (Å²) in [5.74, 6) is -0.0664. The second-order valence-electron chi connectivity index (χ2n) is 8.01. The van der Waals surface area contributed by atoms with Gasteiger partial charge in [-0.2, -0.15) is 0 Å². The van der Waals surface area contributed by atoms with Crippen molar-refractivity contribution < 1.29 is 4.79 Å². The van der Waals surface area contributed by atoms with Crippen LogP contribution in [0.2, 0.25) is 0 Å². The van der Waals surface area contributed by atoms with Crippen molar-refractivity contribution in [1.82, 2.24) is 14.0 Å². The average molecular weight is 405 g/mol. The first kappa shape index (κ1) is 20.1. The molecule has 3 aromatic rings. The first-order valence-electron chi connectivity index (χ1n) is 10.6. The number of para-hydroxylation sites is 1. The lowest BCUT2D eigenvalue weighted by molar-refractivity contribution is -0.135. The number of likely N-dealkylation sites (tertiary alicyclic amines) is 1. The summed E-state index contributed by atoms with van der Waals surface area (Å²) in [6.45, 7) is 4.66. The molecule has 1 atom stereocenters. The molecule has 6 nitrogen and oxygen atoms in total. The zero-order valence-corrected chi connectivity index (χ0v) is 17.5. The molecule has 0 bridgehead atoms. The summed E-state index contributed by atoms with van der Waals surface area (Å²) < 4.78 is 2.62. The van der Waals surface area contributed by atoms with Gasteiger partial charge in [-0.15, -0.1) is 0 Å². The van der Waals surface area contributed by atoms with Gasteiger partial charge >= 0.3 is 5.69 Å². The summed E-state index contributed by atoms with van der Waals surface area (Å²) in [5.41, 5.74) is 1.11. The molecule has 1 aliphatic rings. The number of carbonyl (C=O) groups excluding carboxylic acids is 1. The quantitative estimate of drug-likeness (QED) is 0.669. The zero-order chi connectivity index (χ0) is 21.3. The number of carbonyl (C=O) groups is 1. The number of amides is 1. The molecule has 0 N–H and O–H groups in total. The largest absolute Gasteiger partial charge is 0.338 e. The summed E-state index contributed by atoms with van der Waals surface area (Å²) in [6.07, 6.45) is 4.02. The zero-order valence-electron chi connectivity index (χ0n) is 17.5. The number of aryl methyl sites for hydroxylation is 1. The molecule has 1 aliphatic heterocycles. The fraction of sp³-hybridized carbons (Fsp3) is 0.375. The molecule has 0 spiro atoms. The van der Waals surface area contributed by atoms with Crippen LogP contribution in [0.25, 0.3) is 16.6 Å². The second-order valence-corrected chi connectivity index (χ2v) is 8.01.